The molecule has 9 heteroatoms. The van der Waals surface area contributed by atoms with Crippen molar-refractivity contribution in [3.8, 4) is 17.4 Å². The Morgan fingerprint density at radius 2 is 1.82 bits per heavy atom. The highest BCUT2D eigenvalue weighted by atomic mass is 32.2. The van der Waals surface area contributed by atoms with Crippen LogP contribution in [0.5, 0.6) is 17.4 Å². The van der Waals surface area contributed by atoms with Crippen LogP contribution < -0.4 is 13.8 Å². The lowest BCUT2D eigenvalue weighted by Crippen LogP contribution is -2.06. The second-order valence-corrected chi connectivity index (χ2v) is 8.78. The molecule has 0 aliphatic rings. The molecular weight excluding hydrogens is 402 g/mol. The van der Waals surface area contributed by atoms with Gasteiger partial charge in [-0.15, -0.1) is 0 Å². The number of H-pyrrole nitrogens is 1. The molecule has 0 radical (unpaired) electrons. The minimum Gasteiger partial charge on any atom is -0.494 e. The predicted molar refractivity (Wildman–Crippen MR) is 107 cm³/mol. The van der Waals surface area contributed by atoms with Gasteiger partial charge in [0.2, 0.25) is 5.88 Å². The second-order valence-electron chi connectivity index (χ2n) is 6.14. The normalized spacial score (nSPS) is 11.3. The van der Waals surface area contributed by atoms with Crippen molar-refractivity contribution in [3.05, 3.63) is 74.2 Å². The van der Waals surface area contributed by atoms with E-state index in [0.29, 0.717) is 30.1 Å². The van der Waals surface area contributed by atoms with Crippen molar-refractivity contribution in [2.75, 3.05) is 12.9 Å². The fourth-order valence-electron chi connectivity index (χ4n) is 2.58. The zero-order valence-electron chi connectivity index (χ0n) is 15.0. The molecule has 1 heterocycles. The summed E-state index contributed by atoms with van der Waals surface area (Å²) in [7, 11) is -3.55. The first-order chi connectivity index (χ1) is 13.3. The van der Waals surface area contributed by atoms with Gasteiger partial charge in [-0.05, 0) is 35.4 Å². The van der Waals surface area contributed by atoms with Crippen LogP contribution in [0, 0.1) is 0 Å². The fraction of sp³-hybridized carbons (Fsp3) is 0.211. The van der Waals surface area contributed by atoms with Crippen LogP contribution in [0.15, 0.2) is 53.3 Å². The van der Waals surface area contributed by atoms with Crippen molar-refractivity contribution >= 4 is 21.5 Å². The summed E-state index contributed by atoms with van der Waals surface area (Å²) in [5, 5.41) is 9.64. The molecule has 7 nitrogen and oxygen atoms in total. The van der Waals surface area contributed by atoms with Crippen LogP contribution in [0.2, 0.25) is 0 Å². The number of aromatic nitrogens is 1. The molecule has 0 amide bonds. The van der Waals surface area contributed by atoms with Gasteiger partial charge in [-0.1, -0.05) is 35.6 Å². The van der Waals surface area contributed by atoms with Gasteiger partial charge in [-0.25, -0.2) is 0 Å². The third-order valence-electron chi connectivity index (χ3n) is 3.79. The van der Waals surface area contributed by atoms with Crippen LogP contribution in [0.3, 0.4) is 0 Å². The molecule has 2 aromatic carbocycles. The van der Waals surface area contributed by atoms with E-state index in [9.17, 15) is 18.3 Å². The van der Waals surface area contributed by atoms with E-state index >= 15 is 0 Å². The monoisotopic (exact) mass is 421 g/mol. The number of hydrogen-bond donors (Lipinski definition) is 2. The van der Waals surface area contributed by atoms with Gasteiger partial charge < -0.3 is 14.0 Å². The molecule has 3 rings (SSSR count). The number of thiazole rings is 1. The predicted octanol–water partition coefficient (Wildman–Crippen LogP) is 2.69. The van der Waals surface area contributed by atoms with Gasteiger partial charge in [0.25, 0.3) is 0 Å². The van der Waals surface area contributed by atoms with E-state index in [1.807, 2.05) is 30.3 Å². The van der Waals surface area contributed by atoms with E-state index in [0.717, 1.165) is 28.7 Å². The summed E-state index contributed by atoms with van der Waals surface area (Å²) >= 11 is 0.989. The van der Waals surface area contributed by atoms with Gasteiger partial charge in [-0.2, -0.15) is 8.42 Å². The molecule has 0 saturated heterocycles. The van der Waals surface area contributed by atoms with Crippen molar-refractivity contribution in [3.63, 3.8) is 0 Å². The van der Waals surface area contributed by atoms with E-state index < -0.39 is 10.1 Å². The van der Waals surface area contributed by atoms with Crippen molar-refractivity contribution in [2.45, 2.75) is 12.8 Å². The third kappa shape index (κ3) is 5.86. The minimum absolute atomic E-state index is 0.0857. The maximum absolute atomic E-state index is 11.2. The third-order valence-corrected chi connectivity index (χ3v) is 5.16. The first-order valence-corrected chi connectivity index (χ1v) is 11.0. The molecular formula is C19H19NO6S2. The van der Waals surface area contributed by atoms with Crippen LogP contribution >= 0.6 is 11.3 Å². The van der Waals surface area contributed by atoms with Gasteiger partial charge in [0.15, 0.2) is 0 Å². The molecule has 0 aliphatic carbocycles. The summed E-state index contributed by atoms with van der Waals surface area (Å²) in [5.74, 6) is 0.885. The lowest BCUT2D eigenvalue weighted by molar-refractivity contribution is 0.322. The molecule has 2 N–H and O–H groups in total. The highest BCUT2D eigenvalue weighted by Crippen LogP contribution is 2.22. The Labute approximate surface area is 166 Å². The molecule has 148 valence electrons. The zero-order valence-corrected chi connectivity index (χ0v) is 16.7. The maximum atomic E-state index is 11.2. The van der Waals surface area contributed by atoms with Gasteiger partial charge in [0, 0.05) is 12.8 Å². The first kappa shape index (κ1) is 20.0. The molecule has 0 saturated carbocycles. The zero-order chi connectivity index (χ0) is 20.1. The second kappa shape index (κ2) is 8.49. The summed E-state index contributed by atoms with van der Waals surface area (Å²) in [5.41, 5.74) is 1.85. The van der Waals surface area contributed by atoms with Gasteiger partial charge in [-0.3, -0.25) is 9.78 Å². The quantitative estimate of drug-likeness (QED) is 0.542. The molecule has 0 atom stereocenters. The Balaban J connectivity index is 1.53. The Morgan fingerprint density at radius 1 is 1.07 bits per heavy atom. The average Bonchev–Trinajstić information content (AvgIpc) is 2.92. The number of ether oxygens (including phenoxy) is 1. The SMILES string of the molecule is CS(=O)(=O)Oc1cccc(CCOc2ccc(Cc3sc(=O)[nH]c3O)cc2)c1. The number of rotatable bonds is 8. The highest BCUT2D eigenvalue weighted by Gasteiger charge is 2.08. The molecule has 0 aliphatic heterocycles. The average molecular weight is 421 g/mol. The van der Waals surface area contributed by atoms with E-state index in [2.05, 4.69) is 4.98 Å². The molecule has 1 aromatic heterocycles. The van der Waals surface area contributed by atoms with Crippen molar-refractivity contribution in [1.82, 2.24) is 4.98 Å². The van der Waals surface area contributed by atoms with E-state index in [-0.39, 0.29) is 16.5 Å². The van der Waals surface area contributed by atoms with Crippen LogP contribution in [0.25, 0.3) is 0 Å². The molecule has 0 fully saturated rings. The lowest BCUT2D eigenvalue weighted by atomic mass is 10.1. The Kier molecular flexibility index (Phi) is 6.05. The molecule has 0 bridgehead atoms. The van der Waals surface area contributed by atoms with Crippen LogP contribution in [0.4, 0.5) is 0 Å². The van der Waals surface area contributed by atoms with E-state index in [4.69, 9.17) is 8.92 Å². The number of aromatic amines is 1. The number of benzene rings is 2. The Morgan fingerprint density at radius 3 is 2.46 bits per heavy atom. The smallest absolute Gasteiger partial charge is 0.307 e. The fourth-order valence-corrected chi connectivity index (χ4v) is 3.79. The van der Waals surface area contributed by atoms with Gasteiger partial charge in [0.05, 0.1) is 17.7 Å². The molecule has 3 aromatic rings. The van der Waals surface area contributed by atoms with Gasteiger partial charge >= 0.3 is 15.0 Å². The molecule has 0 unspecified atom stereocenters. The summed E-state index contributed by atoms with van der Waals surface area (Å²) in [6.07, 6.45) is 2.06. The largest absolute Gasteiger partial charge is 0.494 e. The van der Waals surface area contributed by atoms with Crippen LogP contribution in [-0.2, 0) is 23.0 Å². The number of hydrogen-bond acceptors (Lipinski definition) is 7. The Hall–Kier alpha value is -2.78. The minimum atomic E-state index is -3.55. The van der Waals surface area contributed by atoms with Crippen LogP contribution in [-0.4, -0.2) is 31.4 Å². The number of aromatic hydroxyl groups is 1. The summed E-state index contributed by atoms with van der Waals surface area (Å²) < 4.78 is 33.0. The van der Waals surface area contributed by atoms with Crippen molar-refractivity contribution < 1.29 is 22.4 Å². The lowest BCUT2D eigenvalue weighted by Gasteiger charge is -2.08. The number of nitrogens with one attached hydrogen (secondary N) is 1. The standard InChI is InChI=1S/C19H19NO6S2/c1-28(23,24)26-16-4-2-3-13(11-16)9-10-25-15-7-5-14(6-8-15)12-17-18(21)20-19(22)27-17/h2-8,11,21H,9-10,12H2,1H3,(H,20,22). The van der Waals surface area contributed by atoms with Crippen LogP contribution in [0.1, 0.15) is 16.0 Å². The molecule has 28 heavy (non-hydrogen) atoms. The summed E-state index contributed by atoms with van der Waals surface area (Å²) in [4.78, 5) is 13.9. The van der Waals surface area contributed by atoms with Crippen molar-refractivity contribution in [1.29, 1.82) is 0 Å². The van der Waals surface area contributed by atoms with E-state index in [1.54, 1.807) is 18.2 Å². The topological polar surface area (TPSA) is 106 Å². The Bertz CT molecular complexity index is 1100. The van der Waals surface area contributed by atoms with Crippen molar-refractivity contribution in [2.24, 2.45) is 0 Å². The molecule has 0 spiro atoms. The highest BCUT2D eigenvalue weighted by molar-refractivity contribution is 7.86. The maximum Gasteiger partial charge on any atom is 0.307 e. The first-order valence-electron chi connectivity index (χ1n) is 8.39. The summed E-state index contributed by atoms with van der Waals surface area (Å²) in [6, 6.07) is 14.3. The van der Waals surface area contributed by atoms with Gasteiger partial charge in [0.1, 0.15) is 11.5 Å². The van der Waals surface area contributed by atoms with E-state index in [1.165, 1.54) is 0 Å². The summed E-state index contributed by atoms with van der Waals surface area (Å²) in [6.45, 7) is 0.419.